The summed E-state index contributed by atoms with van der Waals surface area (Å²) >= 11 is 0. The number of benzene rings is 6. The molecule has 4 nitrogen and oxygen atoms in total. The normalized spacial score (nSPS) is 11.6. The van der Waals surface area contributed by atoms with Crippen LogP contribution in [0.1, 0.15) is 421 Å². The summed E-state index contributed by atoms with van der Waals surface area (Å²) in [4.78, 5) is 0. The molecule has 6 aromatic carbocycles. The van der Waals surface area contributed by atoms with E-state index in [9.17, 15) is 0 Å². The molecule has 0 heterocycles. The Hall–Kier alpha value is -5.77. The highest BCUT2D eigenvalue weighted by Gasteiger charge is 2.18. The van der Waals surface area contributed by atoms with Gasteiger partial charge in [0.25, 0.3) is 0 Å². The lowest BCUT2D eigenvalue weighted by atomic mass is 9.90. The molecular formula is C106H162O4Si2. The molecule has 6 rings (SSSR count). The second-order valence-electron chi connectivity index (χ2n) is 35.6. The Morgan fingerprint density at radius 1 is 0.205 bits per heavy atom. The lowest BCUT2D eigenvalue weighted by Gasteiger charge is -2.15. The summed E-state index contributed by atoms with van der Waals surface area (Å²) < 4.78 is 27.1. The third-order valence-electron chi connectivity index (χ3n) is 22.7. The molecule has 0 saturated heterocycles. The van der Waals surface area contributed by atoms with Crippen molar-refractivity contribution in [3.63, 3.8) is 0 Å². The van der Waals surface area contributed by atoms with Crippen molar-refractivity contribution in [2.75, 3.05) is 26.4 Å². The number of unbranched alkanes of at least 4 members (excludes halogenated alkanes) is 52. The van der Waals surface area contributed by atoms with Gasteiger partial charge in [0.05, 0.1) is 26.4 Å². The molecule has 0 spiro atoms. The summed E-state index contributed by atoms with van der Waals surface area (Å²) in [5, 5.41) is 7.10. The number of rotatable bonds is 64. The van der Waals surface area contributed by atoms with Crippen molar-refractivity contribution in [2.24, 2.45) is 0 Å². The molecule has 0 radical (unpaired) electrons. The Kier molecular flexibility index (Phi) is 50.8. The van der Waals surface area contributed by atoms with Gasteiger partial charge >= 0.3 is 0 Å². The second kappa shape index (κ2) is 59.8. The van der Waals surface area contributed by atoms with Gasteiger partial charge in [0.2, 0.25) is 0 Å². The number of hydrogen-bond acceptors (Lipinski definition) is 4. The third kappa shape index (κ3) is 41.2. The molecule has 6 aromatic rings. The van der Waals surface area contributed by atoms with Gasteiger partial charge in [0.1, 0.15) is 16.1 Å². The zero-order valence-corrected chi connectivity index (χ0v) is 76.0. The fourth-order valence-electron chi connectivity index (χ4n) is 15.7. The Morgan fingerprint density at radius 3 is 0.589 bits per heavy atom. The van der Waals surface area contributed by atoms with Gasteiger partial charge in [-0.3, -0.25) is 0 Å². The lowest BCUT2D eigenvalue weighted by Crippen LogP contribution is -2.16. The molecule has 0 unspecified atom stereocenters. The first kappa shape index (κ1) is 95.1. The molecule has 6 heteroatoms. The van der Waals surface area contributed by atoms with Gasteiger partial charge < -0.3 is 18.9 Å². The fraction of sp³-hybridized carbons (Fsp3) is 0.660. The number of ether oxygens (including phenoxy) is 4. The van der Waals surface area contributed by atoms with Crippen LogP contribution in [0.25, 0.3) is 32.3 Å². The van der Waals surface area contributed by atoms with Crippen LogP contribution in [0, 0.1) is 46.6 Å². The van der Waals surface area contributed by atoms with Crippen molar-refractivity contribution >= 4 is 48.5 Å². The van der Waals surface area contributed by atoms with Gasteiger partial charge in [-0.25, -0.2) is 0 Å². The monoisotopic (exact) mass is 1560 g/mol. The van der Waals surface area contributed by atoms with E-state index in [1.807, 2.05) is 0 Å². The lowest BCUT2D eigenvalue weighted by molar-refractivity contribution is 0.258. The van der Waals surface area contributed by atoms with E-state index in [2.05, 4.69) is 186 Å². The van der Waals surface area contributed by atoms with Crippen LogP contribution >= 0.6 is 0 Å². The predicted molar refractivity (Wildman–Crippen MR) is 499 cm³/mol. The summed E-state index contributed by atoms with van der Waals surface area (Å²) in [5.74, 6) is 25.4. The largest absolute Gasteiger partial charge is 0.490 e. The molecule has 618 valence electrons. The number of hydrogen-bond donors (Lipinski definition) is 0. The fourth-order valence-corrected chi connectivity index (χ4v) is 16.7. The highest BCUT2D eigenvalue weighted by Crippen LogP contribution is 2.39. The first-order valence-electron chi connectivity index (χ1n) is 47.5. The zero-order valence-electron chi connectivity index (χ0n) is 74.0. The topological polar surface area (TPSA) is 36.9 Å². The zero-order chi connectivity index (χ0) is 79.6. The van der Waals surface area contributed by atoms with Crippen molar-refractivity contribution in [3.05, 3.63) is 106 Å². The van der Waals surface area contributed by atoms with Crippen LogP contribution in [-0.4, -0.2) is 42.6 Å². The van der Waals surface area contributed by atoms with Crippen molar-refractivity contribution in [1.29, 1.82) is 0 Å². The maximum atomic E-state index is 6.80. The maximum absolute atomic E-state index is 6.80. The van der Waals surface area contributed by atoms with Gasteiger partial charge in [-0.1, -0.05) is 473 Å². The molecule has 0 fully saturated rings. The second-order valence-corrected chi connectivity index (χ2v) is 45.1. The van der Waals surface area contributed by atoms with Crippen LogP contribution in [0.4, 0.5) is 0 Å². The van der Waals surface area contributed by atoms with E-state index in [-0.39, 0.29) is 0 Å². The highest BCUT2D eigenvalue weighted by molar-refractivity contribution is 6.84. The molecule has 0 N–H and O–H groups in total. The minimum Gasteiger partial charge on any atom is -0.490 e. The van der Waals surface area contributed by atoms with Crippen LogP contribution in [0.15, 0.2) is 72.8 Å². The average molecular weight is 1560 g/mol. The summed E-state index contributed by atoms with van der Waals surface area (Å²) in [6.45, 7) is 25.8. The molecule has 0 aliphatic heterocycles. The Labute approximate surface area is 691 Å². The SMILES string of the molecule is CCCCCCCCCCCCCCCCOc1cc(C#Cc2ccc3ccc4ccc(C#Cc5cc(OCCCCCCCCCCCCCCCC)c(OCCCCCCCCCCCCCCCC)cc5C#C[Si](C)(C)C)c5ccc2c3c45)c(C#C[Si](C)(C)C)cc1OCCCCCCCCCCCCCCCC. The Bertz CT molecular complexity index is 3480. The molecular weight excluding hydrogens is 1390 g/mol. The maximum Gasteiger partial charge on any atom is 0.162 e. The Morgan fingerprint density at radius 2 is 0.384 bits per heavy atom. The third-order valence-corrected chi connectivity index (χ3v) is 24.4. The van der Waals surface area contributed by atoms with Gasteiger partial charge in [0.15, 0.2) is 23.0 Å². The van der Waals surface area contributed by atoms with E-state index in [1.54, 1.807) is 0 Å². The van der Waals surface area contributed by atoms with E-state index in [0.717, 1.165) is 92.8 Å². The quantitative estimate of drug-likeness (QED) is 0.0165. The van der Waals surface area contributed by atoms with Gasteiger partial charge in [-0.2, -0.15) is 0 Å². The first-order chi connectivity index (χ1) is 54.8. The van der Waals surface area contributed by atoms with Crippen molar-refractivity contribution in [3.8, 4) is 69.6 Å². The van der Waals surface area contributed by atoms with E-state index < -0.39 is 16.1 Å². The van der Waals surface area contributed by atoms with E-state index in [1.165, 1.54) is 355 Å². The van der Waals surface area contributed by atoms with Gasteiger partial charge in [-0.05, 0) is 70.1 Å². The summed E-state index contributed by atoms with van der Waals surface area (Å²) in [5.41, 5.74) is 13.0. The Balaban J connectivity index is 1.22. The van der Waals surface area contributed by atoms with Crippen molar-refractivity contribution < 1.29 is 18.9 Å². The predicted octanol–water partition coefficient (Wildman–Crippen LogP) is 33.3. The van der Waals surface area contributed by atoms with Crippen LogP contribution in [0.5, 0.6) is 23.0 Å². The van der Waals surface area contributed by atoms with Crippen LogP contribution < -0.4 is 18.9 Å². The standard InChI is InChI=1S/C106H162O4Si2/c1-11-15-19-23-27-31-35-39-43-47-51-55-59-63-81-107-101-87-95(97(79-85-111(5,6)7)89-103(101)109-83-65-61-57-53-49-45-41-37-33-29-25-21-17-13-3)75-69-91-67-71-93-73-74-94-72-68-92(100-78-77-99(91)105(93)106(94)100)70-76-96-88-102(108-82-64-60-56-52-48-44-40-36-32-28-24-20-16-12-2)104(90-98(96)80-86-112(8,9)10)110-84-66-62-58-54-50-46-42-38-34-30-26-22-18-14-4/h67-68,71-74,77-78,87-90H,11-66,81-84H2,1-10H3. The van der Waals surface area contributed by atoms with Gasteiger partial charge in [-0.15, -0.1) is 11.1 Å². The molecule has 0 atom stereocenters. The highest BCUT2D eigenvalue weighted by atomic mass is 28.3. The molecule has 0 bridgehead atoms. The molecule has 0 aromatic heterocycles. The minimum atomic E-state index is -1.76. The van der Waals surface area contributed by atoms with E-state index in [0.29, 0.717) is 26.4 Å². The summed E-state index contributed by atoms with van der Waals surface area (Å²) in [6.07, 6.45) is 74.6. The molecule has 0 saturated carbocycles. The average Bonchev–Trinajstić information content (AvgIpc) is 0.730. The molecule has 112 heavy (non-hydrogen) atoms. The molecule has 0 aliphatic carbocycles. The van der Waals surface area contributed by atoms with Crippen LogP contribution in [-0.2, 0) is 0 Å². The molecule has 0 amide bonds. The minimum absolute atomic E-state index is 0.658. The van der Waals surface area contributed by atoms with Crippen molar-refractivity contribution in [1.82, 2.24) is 0 Å². The summed E-state index contributed by atoms with van der Waals surface area (Å²) in [6, 6.07) is 26.6. The van der Waals surface area contributed by atoms with Crippen LogP contribution in [0.2, 0.25) is 39.3 Å². The van der Waals surface area contributed by atoms with Gasteiger partial charge in [0, 0.05) is 57.6 Å². The van der Waals surface area contributed by atoms with Crippen molar-refractivity contribution in [2.45, 2.75) is 427 Å². The smallest absolute Gasteiger partial charge is 0.162 e. The van der Waals surface area contributed by atoms with E-state index >= 15 is 0 Å². The first-order valence-corrected chi connectivity index (χ1v) is 54.5. The van der Waals surface area contributed by atoms with E-state index in [4.69, 9.17) is 18.9 Å². The summed E-state index contributed by atoms with van der Waals surface area (Å²) in [7, 11) is -3.52. The molecule has 0 aliphatic rings. The van der Waals surface area contributed by atoms with Crippen LogP contribution in [0.3, 0.4) is 0 Å².